The fourth-order valence-corrected chi connectivity index (χ4v) is 6.34. The fourth-order valence-electron chi connectivity index (χ4n) is 6.34. The van der Waals surface area contributed by atoms with Gasteiger partial charge in [-0.25, -0.2) is 13.2 Å². The van der Waals surface area contributed by atoms with Gasteiger partial charge in [0.15, 0.2) is 11.4 Å². The molecule has 39 heavy (non-hydrogen) atoms. The lowest BCUT2D eigenvalue weighted by atomic mass is 9.91. The molecule has 3 aliphatic rings. The summed E-state index contributed by atoms with van der Waals surface area (Å²) in [4.78, 5) is 42.4. The zero-order valence-corrected chi connectivity index (χ0v) is 21.1. The number of carbonyl (C=O) groups excluding carboxylic acids is 2. The summed E-state index contributed by atoms with van der Waals surface area (Å²) >= 11 is 0. The van der Waals surface area contributed by atoms with Crippen LogP contribution < -0.4 is 15.5 Å². The number of rotatable bonds is 6. The van der Waals surface area contributed by atoms with E-state index in [0.717, 1.165) is 18.4 Å². The number of hydrogen-bond donors (Lipinski definition) is 1. The van der Waals surface area contributed by atoms with E-state index in [-0.39, 0.29) is 41.6 Å². The Hall–Kier alpha value is -4.08. The minimum absolute atomic E-state index is 0.000675. The van der Waals surface area contributed by atoms with E-state index in [4.69, 9.17) is 4.74 Å². The molecule has 2 aromatic carbocycles. The molecule has 6 rings (SSSR count). The number of pyridine rings is 1. The summed E-state index contributed by atoms with van der Waals surface area (Å²) in [5, 5.41) is 2.35. The lowest BCUT2D eigenvalue weighted by molar-refractivity contribution is 0.0393. The molecule has 1 aliphatic carbocycles. The lowest BCUT2D eigenvalue weighted by Crippen LogP contribution is -2.54. The number of carbonyl (C=O) groups is 2. The van der Waals surface area contributed by atoms with Crippen molar-refractivity contribution in [2.45, 2.75) is 51.5 Å². The SMILES string of the molecule is C[C@H]1C[C@@H]2C[C@H]1N1C(=O)c3c(OCc4ccccc4)c(=O)c(C(=O)NCc4c(F)cc(F)cc4F)cn3C[C@H]21. The summed E-state index contributed by atoms with van der Waals surface area (Å²) in [5.41, 5.74) is -0.784. The van der Waals surface area contributed by atoms with Crippen LogP contribution in [0.5, 0.6) is 5.75 Å². The van der Waals surface area contributed by atoms with Crippen molar-refractivity contribution in [3.63, 3.8) is 0 Å². The maximum atomic E-state index is 14.1. The predicted molar refractivity (Wildman–Crippen MR) is 135 cm³/mol. The Morgan fingerprint density at radius 1 is 1.05 bits per heavy atom. The molecular weight excluding hydrogens is 511 g/mol. The minimum atomic E-state index is -1.15. The van der Waals surface area contributed by atoms with Gasteiger partial charge in [-0.3, -0.25) is 14.4 Å². The van der Waals surface area contributed by atoms with E-state index in [0.29, 0.717) is 30.5 Å². The van der Waals surface area contributed by atoms with Crippen molar-refractivity contribution in [3.8, 4) is 5.75 Å². The van der Waals surface area contributed by atoms with E-state index in [1.807, 2.05) is 35.2 Å². The third-order valence-electron chi connectivity index (χ3n) is 8.20. The van der Waals surface area contributed by atoms with Crippen molar-refractivity contribution in [2.24, 2.45) is 11.8 Å². The number of hydrogen-bond acceptors (Lipinski definition) is 4. The van der Waals surface area contributed by atoms with Crippen molar-refractivity contribution in [3.05, 3.63) is 98.7 Å². The van der Waals surface area contributed by atoms with E-state index in [9.17, 15) is 27.6 Å². The van der Waals surface area contributed by atoms with Crippen LogP contribution in [0.2, 0.25) is 0 Å². The second-order valence-electron chi connectivity index (χ2n) is 10.6. The topological polar surface area (TPSA) is 80.6 Å². The molecule has 2 fully saturated rings. The molecular formula is C29H26F3N3O4. The molecule has 1 saturated heterocycles. The molecule has 4 atom stereocenters. The molecule has 2 amide bonds. The number of piperidine rings is 1. The molecule has 1 saturated carbocycles. The number of nitrogens with zero attached hydrogens (tertiary/aromatic N) is 2. The van der Waals surface area contributed by atoms with E-state index >= 15 is 0 Å². The van der Waals surface area contributed by atoms with Crippen LogP contribution in [0.15, 0.2) is 53.5 Å². The van der Waals surface area contributed by atoms with Gasteiger partial charge in [0, 0.05) is 43.0 Å². The third kappa shape index (κ3) is 4.27. The highest BCUT2D eigenvalue weighted by Gasteiger charge is 2.54. The molecule has 1 aromatic heterocycles. The smallest absolute Gasteiger partial charge is 0.275 e. The fraction of sp³-hybridized carbons (Fsp3) is 0.345. The normalized spacial score (nSPS) is 23.0. The highest BCUT2D eigenvalue weighted by atomic mass is 19.1. The standard InChI is InChI=1S/C29H26F3N3O4/c1-15-7-17-8-23(15)35-24(17)13-34-12-20(28(37)33-11-19-21(31)9-18(30)10-22(19)32)26(36)27(25(34)29(35)38)39-14-16-5-3-2-4-6-16/h2-6,9-10,12,15,17,23-24H,7-8,11,13-14H2,1H3,(H,33,37)/t15-,17+,23+,24+/m0/s1. The first-order chi connectivity index (χ1) is 18.7. The Morgan fingerprint density at radius 3 is 2.49 bits per heavy atom. The zero-order chi connectivity index (χ0) is 27.4. The van der Waals surface area contributed by atoms with Gasteiger partial charge in [0.2, 0.25) is 5.43 Å². The summed E-state index contributed by atoms with van der Waals surface area (Å²) < 4.78 is 49.0. The minimum Gasteiger partial charge on any atom is -0.483 e. The number of halogens is 3. The van der Waals surface area contributed by atoms with E-state index in [1.54, 1.807) is 4.57 Å². The highest BCUT2D eigenvalue weighted by Crippen LogP contribution is 2.48. The Balaban J connectivity index is 1.36. The molecule has 0 unspecified atom stereocenters. The molecule has 202 valence electrons. The van der Waals surface area contributed by atoms with Crippen molar-refractivity contribution in [2.75, 3.05) is 0 Å². The first-order valence-electron chi connectivity index (χ1n) is 12.9. The van der Waals surface area contributed by atoms with Gasteiger partial charge in [0.05, 0.1) is 6.04 Å². The lowest BCUT2D eigenvalue weighted by Gasteiger charge is -2.43. The van der Waals surface area contributed by atoms with Crippen LogP contribution in [0, 0.1) is 29.3 Å². The van der Waals surface area contributed by atoms with Gasteiger partial charge < -0.3 is 19.5 Å². The van der Waals surface area contributed by atoms with Crippen LogP contribution in [0.3, 0.4) is 0 Å². The van der Waals surface area contributed by atoms with Crippen LogP contribution in [-0.2, 0) is 19.7 Å². The van der Waals surface area contributed by atoms with Crippen LogP contribution >= 0.6 is 0 Å². The van der Waals surface area contributed by atoms with Crippen molar-refractivity contribution in [1.82, 2.24) is 14.8 Å². The number of amides is 2. The van der Waals surface area contributed by atoms with Crippen LogP contribution in [-0.4, -0.2) is 33.4 Å². The maximum Gasteiger partial charge on any atom is 0.275 e. The van der Waals surface area contributed by atoms with E-state index < -0.39 is 40.9 Å². The predicted octanol–water partition coefficient (Wildman–Crippen LogP) is 4.03. The van der Waals surface area contributed by atoms with Crippen LogP contribution in [0.1, 0.15) is 51.7 Å². The molecule has 0 radical (unpaired) electrons. The van der Waals surface area contributed by atoms with Crippen LogP contribution in [0.4, 0.5) is 13.2 Å². The van der Waals surface area contributed by atoms with E-state index in [2.05, 4.69) is 12.2 Å². The average molecular weight is 538 g/mol. The molecule has 1 N–H and O–H groups in total. The summed E-state index contributed by atoms with van der Waals surface area (Å²) in [6.45, 7) is 1.93. The Morgan fingerprint density at radius 2 is 1.77 bits per heavy atom. The van der Waals surface area contributed by atoms with Gasteiger partial charge in [-0.15, -0.1) is 0 Å². The number of fused-ring (bicyclic) bond motifs is 6. The van der Waals surface area contributed by atoms with Gasteiger partial charge in [-0.1, -0.05) is 37.3 Å². The number of benzene rings is 2. The van der Waals surface area contributed by atoms with Gasteiger partial charge in [-0.05, 0) is 30.2 Å². The number of aromatic nitrogens is 1. The molecule has 2 aliphatic heterocycles. The Labute approximate surface area is 222 Å². The number of nitrogens with one attached hydrogen (secondary N) is 1. The first-order valence-corrected chi connectivity index (χ1v) is 12.9. The number of ether oxygens (including phenoxy) is 1. The quantitative estimate of drug-likeness (QED) is 0.515. The highest BCUT2D eigenvalue weighted by molar-refractivity contribution is 5.99. The Bertz CT molecular complexity index is 1520. The molecule has 10 heteroatoms. The summed E-state index contributed by atoms with van der Waals surface area (Å²) in [5.74, 6) is -4.12. The summed E-state index contributed by atoms with van der Waals surface area (Å²) in [6.07, 6.45) is 3.23. The second-order valence-corrected chi connectivity index (χ2v) is 10.6. The van der Waals surface area contributed by atoms with Crippen molar-refractivity contribution in [1.29, 1.82) is 0 Å². The Kier molecular flexibility index (Phi) is 6.20. The van der Waals surface area contributed by atoms with Gasteiger partial charge in [-0.2, -0.15) is 0 Å². The molecule has 2 bridgehead atoms. The second kappa shape index (κ2) is 9.59. The summed E-state index contributed by atoms with van der Waals surface area (Å²) in [7, 11) is 0. The largest absolute Gasteiger partial charge is 0.483 e. The average Bonchev–Trinajstić information content (AvgIpc) is 3.45. The zero-order valence-electron chi connectivity index (χ0n) is 21.1. The van der Waals surface area contributed by atoms with Crippen LogP contribution in [0.25, 0.3) is 0 Å². The van der Waals surface area contributed by atoms with E-state index in [1.165, 1.54) is 6.20 Å². The van der Waals surface area contributed by atoms with Crippen molar-refractivity contribution < 1.29 is 27.5 Å². The van der Waals surface area contributed by atoms with Crippen molar-refractivity contribution >= 4 is 11.8 Å². The monoisotopic (exact) mass is 537 g/mol. The molecule has 3 aromatic rings. The first kappa shape index (κ1) is 25.2. The third-order valence-corrected chi connectivity index (χ3v) is 8.20. The van der Waals surface area contributed by atoms with Gasteiger partial charge >= 0.3 is 0 Å². The molecule has 7 nitrogen and oxygen atoms in total. The van der Waals surface area contributed by atoms with Gasteiger partial charge in [0.1, 0.15) is 29.6 Å². The summed E-state index contributed by atoms with van der Waals surface area (Å²) in [6, 6.07) is 10.2. The molecule has 0 spiro atoms. The maximum absolute atomic E-state index is 14.1. The molecule has 3 heterocycles. The van der Waals surface area contributed by atoms with Gasteiger partial charge in [0.25, 0.3) is 11.8 Å².